The molecule has 0 bridgehead atoms. The van der Waals surface area contributed by atoms with Gasteiger partial charge in [-0.3, -0.25) is 0 Å². The zero-order chi connectivity index (χ0) is 12.3. The molecule has 0 aliphatic carbocycles. The molecule has 1 nitrogen and oxygen atoms in total. The van der Waals surface area contributed by atoms with Crippen LogP contribution < -0.4 is 4.74 Å². The summed E-state index contributed by atoms with van der Waals surface area (Å²) in [6.45, 7) is 0. The van der Waals surface area contributed by atoms with E-state index >= 15 is 0 Å². The Hall–Kier alpha value is -0.890. The van der Waals surface area contributed by atoms with Gasteiger partial charge in [-0.2, -0.15) is 0 Å². The number of hydrogen-bond donors (Lipinski definition) is 0. The standard InChI is InChI=1S/C13H9Cl3O/c14-8-9-4-5-11(16)7-13(9)17-12-3-1-2-10(15)6-12/h1-7H,8H2. The fraction of sp³-hybridized carbons (Fsp3) is 0.0769. The van der Waals surface area contributed by atoms with E-state index in [1.807, 2.05) is 18.2 Å². The van der Waals surface area contributed by atoms with Crippen LogP contribution in [-0.4, -0.2) is 0 Å². The maximum atomic E-state index is 5.92. The van der Waals surface area contributed by atoms with Crippen molar-refractivity contribution in [1.29, 1.82) is 0 Å². The minimum atomic E-state index is 0.368. The largest absolute Gasteiger partial charge is 0.457 e. The molecule has 17 heavy (non-hydrogen) atoms. The Morgan fingerprint density at radius 1 is 0.941 bits per heavy atom. The van der Waals surface area contributed by atoms with E-state index in [-0.39, 0.29) is 0 Å². The summed E-state index contributed by atoms with van der Waals surface area (Å²) in [6.07, 6.45) is 0. The zero-order valence-corrected chi connectivity index (χ0v) is 11.1. The summed E-state index contributed by atoms with van der Waals surface area (Å²) in [5.74, 6) is 1.67. The lowest BCUT2D eigenvalue weighted by Gasteiger charge is -2.10. The molecule has 0 N–H and O–H groups in total. The monoisotopic (exact) mass is 286 g/mol. The molecule has 0 saturated heterocycles. The van der Waals surface area contributed by atoms with Gasteiger partial charge < -0.3 is 4.74 Å². The Kier molecular flexibility index (Phi) is 4.16. The third-order valence-corrected chi connectivity index (χ3v) is 2.96. The van der Waals surface area contributed by atoms with Gasteiger partial charge >= 0.3 is 0 Å². The van der Waals surface area contributed by atoms with E-state index in [2.05, 4.69) is 0 Å². The third kappa shape index (κ3) is 3.29. The van der Waals surface area contributed by atoms with Crippen molar-refractivity contribution in [3.8, 4) is 11.5 Å². The van der Waals surface area contributed by atoms with E-state index in [0.29, 0.717) is 27.4 Å². The van der Waals surface area contributed by atoms with Gasteiger partial charge in [-0.15, -0.1) is 11.6 Å². The van der Waals surface area contributed by atoms with Crippen LogP contribution in [0.2, 0.25) is 10.0 Å². The van der Waals surface area contributed by atoms with Crippen molar-refractivity contribution in [2.75, 3.05) is 0 Å². The number of alkyl halides is 1. The van der Waals surface area contributed by atoms with Crippen molar-refractivity contribution in [2.24, 2.45) is 0 Å². The lowest BCUT2D eigenvalue weighted by molar-refractivity contribution is 0.478. The van der Waals surface area contributed by atoms with Crippen molar-refractivity contribution in [3.05, 3.63) is 58.1 Å². The summed E-state index contributed by atoms with van der Waals surface area (Å²) >= 11 is 17.6. The van der Waals surface area contributed by atoms with Crippen LogP contribution >= 0.6 is 34.8 Å². The van der Waals surface area contributed by atoms with Gasteiger partial charge in [0.2, 0.25) is 0 Å². The van der Waals surface area contributed by atoms with Crippen molar-refractivity contribution >= 4 is 34.8 Å². The molecule has 2 rings (SSSR count). The highest BCUT2D eigenvalue weighted by Crippen LogP contribution is 2.30. The zero-order valence-electron chi connectivity index (χ0n) is 8.79. The van der Waals surface area contributed by atoms with Gasteiger partial charge in [0.05, 0.1) is 5.88 Å². The molecule has 4 heteroatoms. The van der Waals surface area contributed by atoms with Crippen molar-refractivity contribution in [1.82, 2.24) is 0 Å². The maximum absolute atomic E-state index is 5.92. The highest BCUT2D eigenvalue weighted by molar-refractivity contribution is 6.31. The molecule has 88 valence electrons. The van der Waals surface area contributed by atoms with Gasteiger partial charge in [0.15, 0.2) is 0 Å². The number of halogens is 3. The van der Waals surface area contributed by atoms with Crippen LogP contribution in [0.15, 0.2) is 42.5 Å². The summed E-state index contributed by atoms with van der Waals surface area (Å²) in [5, 5.41) is 1.23. The summed E-state index contributed by atoms with van der Waals surface area (Å²) in [6, 6.07) is 12.5. The highest BCUT2D eigenvalue weighted by Gasteiger charge is 2.05. The molecule has 0 atom stereocenters. The minimum absolute atomic E-state index is 0.368. The average molecular weight is 288 g/mol. The Morgan fingerprint density at radius 2 is 1.71 bits per heavy atom. The van der Waals surface area contributed by atoms with E-state index in [9.17, 15) is 0 Å². The van der Waals surface area contributed by atoms with Crippen LogP contribution in [0.5, 0.6) is 11.5 Å². The van der Waals surface area contributed by atoms with Crippen LogP contribution in [-0.2, 0) is 5.88 Å². The number of rotatable bonds is 3. The Morgan fingerprint density at radius 3 is 2.41 bits per heavy atom. The van der Waals surface area contributed by atoms with E-state index in [1.54, 1.807) is 24.3 Å². The molecule has 0 aliphatic heterocycles. The third-order valence-electron chi connectivity index (χ3n) is 2.20. The van der Waals surface area contributed by atoms with E-state index < -0.39 is 0 Å². The predicted molar refractivity (Wildman–Crippen MR) is 72.5 cm³/mol. The van der Waals surface area contributed by atoms with E-state index in [4.69, 9.17) is 39.5 Å². The minimum Gasteiger partial charge on any atom is -0.457 e. The maximum Gasteiger partial charge on any atom is 0.133 e. The first-order valence-electron chi connectivity index (χ1n) is 4.97. The van der Waals surface area contributed by atoms with Crippen molar-refractivity contribution in [3.63, 3.8) is 0 Å². The molecule has 0 unspecified atom stereocenters. The van der Waals surface area contributed by atoms with Crippen LogP contribution in [0, 0.1) is 0 Å². The highest BCUT2D eigenvalue weighted by atomic mass is 35.5. The fourth-order valence-electron chi connectivity index (χ4n) is 1.39. The molecule has 0 aliphatic rings. The molecule has 0 radical (unpaired) electrons. The normalized spacial score (nSPS) is 10.3. The van der Waals surface area contributed by atoms with Crippen LogP contribution in [0.25, 0.3) is 0 Å². The van der Waals surface area contributed by atoms with Crippen LogP contribution in [0.1, 0.15) is 5.56 Å². The number of ether oxygens (including phenoxy) is 1. The first kappa shape index (κ1) is 12.6. The number of benzene rings is 2. The molecular formula is C13H9Cl3O. The molecule has 0 saturated carbocycles. The molecule has 0 amide bonds. The molecule has 0 fully saturated rings. The molecule has 2 aromatic carbocycles. The van der Waals surface area contributed by atoms with Gasteiger partial charge in [0.1, 0.15) is 11.5 Å². The molecule has 0 spiro atoms. The summed E-state index contributed by atoms with van der Waals surface area (Å²) in [5.41, 5.74) is 0.885. The lowest BCUT2D eigenvalue weighted by atomic mass is 10.2. The molecule has 2 aromatic rings. The van der Waals surface area contributed by atoms with Gasteiger partial charge in [0, 0.05) is 15.6 Å². The second-order valence-electron chi connectivity index (χ2n) is 3.45. The van der Waals surface area contributed by atoms with Crippen molar-refractivity contribution in [2.45, 2.75) is 5.88 Å². The van der Waals surface area contributed by atoms with Gasteiger partial charge in [-0.05, 0) is 30.3 Å². The predicted octanol–water partition coefficient (Wildman–Crippen LogP) is 5.52. The molecule has 0 aromatic heterocycles. The van der Waals surface area contributed by atoms with Gasteiger partial charge in [0.25, 0.3) is 0 Å². The van der Waals surface area contributed by atoms with Gasteiger partial charge in [-0.1, -0.05) is 35.3 Å². The topological polar surface area (TPSA) is 9.23 Å². The average Bonchev–Trinajstić information content (AvgIpc) is 2.29. The van der Waals surface area contributed by atoms with Crippen LogP contribution in [0.3, 0.4) is 0 Å². The van der Waals surface area contributed by atoms with Crippen LogP contribution in [0.4, 0.5) is 0 Å². The van der Waals surface area contributed by atoms with Crippen molar-refractivity contribution < 1.29 is 4.74 Å². The smallest absolute Gasteiger partial charge is 0.133 e. The SMILES string of the molecule is ClCc1ccc(Cl)cc1Oc1cccc(Cl)c1. The molecular weight excluding hydrogens is 279 g/mol. The Labute approximate surface area is 115 Å². The lowest BCUT2D eigenvalue weighted by Crippen LogP contribution is -1.89. The first-order valence-corrected chi connectivity index (χ1v) is 6.26. The quantitative estimate of drug-likeness (QED) is 0.675. The number of hydrogen-bond acceptors (Lipinski definition) is 1. The fourth-order valence-corrected chi connectivity index (χ4v) is 1.95. The summed E-state index contributed by atoms with van der Waals surface area (Å²) in [7, 11) is 0. The second-order valence-corrected chi connectivity index (χ2v) is 4.59. The molecule has 0 heterocycles. The summed E-state index contributed by atoms with van der Waals surface area (Å²) in [4.78, 5) is 0. The summed E-state index contributed by atoms with van der Waals surface area (Å²) < 4.78 is 5.71. The Balaban J connectivity index is 2.32. The second kappa shape index (κ2) is 5.63. The van der Waals surface area contributed by atoms with E-state index in [1.165, 1.54) is 0 Å². The van der Waals surface area contributed by atoms with Gasteiger partial charge in [-0.25, -0.2) is 0 Å². The first-order chi connectivity index (χ1) is 8.19. The van der Waals surface area contributed by atoms with E-state index in [0.717, 1.165) is 5.56 Å². The Bertz CT molecular complexity index is 526.